The molecule has 1 aliphatic rings. The van der Waals surface area contributed by atoms with Crippen molar-refractivity contribution < 1.29 is 9.59 Å². The summed E-state index contributed by atoms with van der Waals surface area (Å²) in [5.41, 5.74) is 6.39. The van der Waals surface area contributed by atoms with Crippen molar-refractivity contribution in [3.63, 3.8) is 0 Å². The zero-order valence-corrected chi connectivity index (χ0v) is 11.2. The summed E-state index contributed by atoms with van der Waals surface area (Å²) < 4.78 is 0. The molecule has 2 amide bonds. The highest BCUT2D eigenvalue weighted by molar-refractivity contribution is 6.31. The maximum absolute atomic E-state index is 12.1. The van der Waals surface area contributed by atoms with Gasteiger partial charge in [-0.05, 0) is 37.5 Å². The summed E-state index contributed by atoms with van der Waals surface area (Å²) >= 11 is 5.78. The highest BCUT2D eigenvalue weighted by Crippen LogP contribution is 2.18. The molecule has 0 aliphatic carbocycles. The van der Waals surface area contributed by atoms with E-state index in [0.717, 1.165) is 12.8 Å². The van der Waals surface area contributed by atoms with Gasteiger partial charge in [0.15, 0.2) is 0 Å². The van der Waals surface area contributed by atoms with Crippen molar-refractivity contribution in [1.29, 1.82) is 0 Å². The van der Waals surface area contributed by atoms with Gasteiger partial charge < -0.3 is 16.4 Å². The summed E-state index contributed by atoms with van der Waals surface area (Å²) in [5, 5.41) is 5.95. The van der Waals surface area contributed by atoms with Gasteiger partial charge in [-0.1, -0.05) is 11.6 Å². The summed E-state index contributed by atoms with van der Waals surface area (Å²) in [4.78, 5) is 23.8. The molecular weight excluding hydrogens is 266 g/mol. The smallest absolute Gasteiger partial charge is 0.254 e. The number of hydrogen-bond acceptors (Lipinski definition) is 3. The van der Waals surface area contributed by atoms with Crippen LogP contribution >= 0.6 is 11.6 Å². The first-order chi connectivity index (χ1) is 9.08. The fourth-order valence-corrected chi connectivity index (χ4v) is 2.23. The number of nitrogens with two attached hydrogens (primary N) is 1. The topological polar surface area (TPSA) is 84.2 Å². The highest BCUT2D eigenvalue weighted by atomic mass is 35.5. The van der Waals surface area contributed by atoms with Gasteiger partial charge in [-0.2, -0.15) is 0 Å². The van der Waals surface area contributed by atoms with Gasteiger partial charge in [0.05, 0.1) is 5.56 Å². The summed E-state index contributed by atoms with van der Waals surface area (Å²) in [6, 6.07) is 4.18. The van der Waals surface area contributed by atoms with E-state index >= 15 is 0 Å². The molecule has 0 bridgehead atoms. The molecule has 19 heavy (non-hydrogen) atoms. The molecule has 2 rings (SSSR count). The Balaban J connectivity index is 2.09. The number of benzene rings is 1. The summed E-state index contributed by atoms with van der Waals surface area (Å²) in [5.74, 6) is -0.491. The molecule has 1 aliphatic heterocycles. The van der Waals surface area contributed by atoms with Crippen molar-refractivity contribution in [3.8, 4) is 0 Å². The fraction of sp³-hybridized carbons (Fsp3) is 0.385. The van der Waals surface area contributed by atoms with Crippen LogP contribution in [0.4, 0.5) is 5.69 Å². The van der Waals surface area contributed by atoms with Crippen LogP contribution in [0.2, 0.25) is 5.02 Å². The molecule has 102 valence electrons. The van der Waals surface area contributed by atoms with E-state index in [-0.39, 0.29) is 11.8 Å². The normalized spacial score (nSPS) is 19.4. The number of nitrogen functional groups attached to an aromatic ring is 1. The number of carbonyl (C=O) groups excluding carboxylic acids is 2. The van der Waals surface area contributed by atoms with Gasteiger partial charge in [-0.15, -0.1) is 0 Å². The molecule has 0 radical (unpaired) electrons. The van der Waals surface area contributed by atoms with Crippen molar-refractivity contribution in [2.24, 2.45) is 0 Å². The molecule has 0 aromatic heterocycles. The Hall–Kier alpha value is -1.75. The second-order valence-corrected chi connectivity index (χ2v) is 4.98. The van der Waals surface area contributed by atoms with Gasteiger partial charge >= 0.3 is 0 Å². The molecule has 1 aromatic rings. The molecule has 1 fully saturated rings. The maximum atomic E-state index is 12.1. The second-order valence-electron chi connectivity index (χ2n) is 4.54. The van der Waals surface area contributed by atoms with Gasteiger partial charge in [0, 0.05) is 17.3 Å². The monoisotopic (exact) mass is 281 g/mol. The third kappa shape index (κ3) is 3.38. The third-order valence-corrected chi connectivity index (χ3v) is 3.33. The van der Waals surface area contributed by atoms with Crippen LogP contribution in [0.15, 0.2) is 18.2 Å². The van der Waals surface area contributed by atoms with Crippen LogP contribution in [-0.2, 0) is 4.79 Å². The van der Waals surface area contributed by atoms with Crippen LogP contribution in [-0.4, -0.2) is 24.4 Å². The van der Waals surface area contributed by atoms with Crippen molar-refractivity contribution in [3.05, 3.63) is 28.8 Å². The van der Waals surface area contributed by atoms with Gasteiger partial charge in [-0.25, -0.2) is 0 Å². The molecule has 4 N–H and O–H groups in total. The quantitative estimate of drug-likeness (QED) is 0.715. The van der Waals surface area contributed by atoms with Crippen LogP contribution < -0.4 is 16.4 Å². The Morgan fingerprint density at radius 1 is 1.42 bits per heavy atom. The van der Waals surface area contributed by atoms with Crippen molar-refractivity contribution in [2.45, 2.75) is 25.3 Å². The first-order valence-corrected chi connectivity index (χ1v) is 6.59. The Kier molecular flexibility index (Phi) is 4.27. The number of hydrogen-bond donors (Lipinski definition) is 3. The number of amides is 2. The van der Waals surface area contributed by atoms with Gasteiger partial charge in [0.1, 0.15) is 6.04 Å². The summed E-state index contributed by atoms with van der Waals surface area (Å²) in [7, 11) is 0. The molecule has 0 saturated carbocycles. The Labute approximate surface area is 116 Å². The van der Waals surface area contributed by atoms with E-state index in [2.05, 4.69) is 10.6 Å². The lowest BCUT2D eigenvalue weighted by atomic mass is 10.1. The van der Waals surface area contributed by atoms with Gasteiger partial charge in [0.25, 0.3) is 5.91 Å². The SMILES string of the molecule is Nc1cc(Cl)ccc1C(=O)NC1CCCCNC1=O. The van der Waals surface area contributed by atoms with Crippen LogP contribution in [0.25, 0.3) is 0 Å². The van der Waals surface area contributed by atoms with Crippen molar-refractivity contribution in [2.75, 3.05) is 12.3 Å². The van der Waals surface area contributed by atoms with E-state index in [1.165, 1.54) is 6.07 Å². The average Bonchev–Trinajstić information content (AvgIpc) is 2.55. The highest BCUT2D eigenvalue weighted by Gasteiger charge is 2.23. The number of carbonyl (C=O) groups is 2. The van der Waals surface area contributed by atoms with Crippen LogP contribution in [0, 0.1) is 0 Å². The fourth-order valence-electron chi connectivity index (χ4n) is 2.05. The van der Waals surface area contributed by atoms with Crippen LogP contribution in [0.3, 0.4) is 0 Å². The predicted molar refractivity (Wildman–Crippen MR) is 74.0 cm³/mol. The van der Waals surface area contributed by atoms with Crippen molar-refractivity contribution in [1.82, 2.24) is 10.6 Å². The number of nitrogens with one attached hydrogen (secondary N) is 2. The van der Waals surface area contributed by atoms with Crippen molar-refractivity contribution >= 4 is 29.1 Å². The third-order valence-electron chi connectivity index (χ3n) is 3.10. The van der Waals surface area contributed by atoms with E-state index in [9.17, 15) is 9.59 Å². The van der Waals surface area contributed by atoms with E-state index in [4.69, 9.17) is 17.3 Å². The molecule has 5 nitrogen and oxygen atoms in total. The van der Waals surface area contributed by atoms with Crippen LogP contribution in [0.5, 0.6) is 0 Å². The average molecular weight is 282 g/mol. The van der Waals surface area contributed by atoms with E-state index < -0.39 is 6.04 Å². The van der Waals surface area contributed by atoms with Gasteiger partial charge in [-0.3, -0.25) is 9.59 Å². The summed E-state index contributed by atoms with van der Waals surface area (Å²) in [6.45, 7) is 0.661. The summed E-state index contributed by atoms with van der Waals surface area (Å²) in [6.07, 6.45) is 2.48. The largest absolute Gasteiger partial charge is 0.398 e. The minimum Gasteiger partial charge on any atom is -0.398 e. The van der Waals surface area contributed by atoms with E-state index in [0.29, 0.717) is 29.2 Å². The predicted octanol–water partition coefficient (Wildman–Crippen LogP) is 1.32. The first kappa shape index (κ1) is 13.7. The minimum atomic E-state index is -0.495. The van der Waals surface area contributed by atoms with Gasteiger partial charge in [0.2, 0.25) is 5.91 Å². The molecule has 0 spiro atoms. The molecule has 1 saturated heterocycles. The standard InChI is InChI=1S/C13H16ClN3O2/c14-8-4-5-9(10(15)7-8)12(18)17-11-3-1-2-6-16-13(11)19/h4-5,7,11H,1-3,6,15H2,(H,16,19)(H,17,18). The number of rotatable bonds is 2. The zero-order chi connectivity index (χ0) is 13.8. The maximum Gasteiger partial charge on any atom is 0.254 e. The first-order valence-electron chi connectivity index (χ1n) is 6.21. The Bertz CT molecular complexity index is 505. The number of anilines is 1. The molecule has 1 atom stereocenters. The van der Waals surface area contributed by atoms with E-state index in [1.807, 2.05) is 0 Å². The number of halogens is 1. The minimum absolute atomic E-state index is 0.140. The molecular formula is C13H16ClN3O2. The van der Waals surface area contributed by atoms with Crippen LogP contribution in [0.1, 0.15) is 29.6 Å². The van der Waals surface area contributed by atoms with E-state index in [1.54, 1.807) is 12.1 Å². The molecule has 6 heteroatoms. The molecule has 1 heterocycles. The second kappa shape index (κ2) is 5.93. The Morgan fingerprint density at radius 3 is 2.95 bits per heavy atom. The zero-order valence-electron chi connectivity index (χ0n) is 10.4. The molecule has 1 aromatic carbocycles. The molecule has 1 unspecified atom stereocenters. The lowest BCUT2D eigenvalue weighted by Gasteiger charge is -2.16. The lowest BCUT2D eigenvalue weighted by Crippen LogP contribution is -2.45. The lowest BCUT2D eigenvalue weighted by molar-refractivity contribution is -0.122. The Morgan fingerprint density at radius 2 is 2.21 bits per heavy atom.